The predicted molar refractivity (Wildman–Crippen MR) is 98.4 cm³/mol. The van der Waals surface area contributed by atoms with E-state index in [1.54, 1.807) is 19.1 Å². The molecule has 0 fully saturated rings. The quantitative estimate of drug-likeness (QED) is 0.573. The van der Waals surface area contributed by atoms with E-state index in [1.165, 1.54) is 38.1 Å². The van der Waals surface area contributed by atoms with E-state index in [2.05, 4.69) is 10.5 Å². The van der Waals surface area contributed by atoms with Crippen LogP contribution in [0.2, 0.25) is 10.0 Å². The summed E-state index contributed by atoms with van der Waals surface area (Å²) in [6.07, 6.45) is 0. The Bertz CT molecular complexity index is 828. The van der Waals surface area contributed by atoms with E-state index in [-0.39, 0.29) is 10.8 Å². The fourth-order valence-electron chi connectivity index (χ4n) is 2.12. The highest BCUT2D eigenvalue weighted by Crippen LogP contribution is 2.31. The average Bonchev–Trinajstić information content (AvgIpc) is 2.55. The molecular weight excluding hydrogens is 366 g/mol. The second-order valence-electron chi connectivity index (χ2n) is 5.97. The lowest BCUT2D eigenvalue weighted by Gasteiger charge is -2.14. The minimum Gasteiger partial charge on any atom is -0.506 e. The third-order valence-electron chi connectivity index (χ3n) is 3.58. The van der Waals surface area contributed by atoms with Crippen LogP contribution in [0.5, 0.6) is 5.75 Å². The highest BCUT2D eigenvalue weighted by atomic mass is 35.5. The number of carbonyl (C=O) groups is 1. The summed E-state index contributed by atoms with van der Waals surface area (Å²) in [6, 6.07) is 9.03. The molecule has 4 nitrogen and oxygen atoms in total. The Morgan fingerprint density at radius 2 is 1.80 bits per heavy atom. The molecule has 132 valence electrons. The number of nitrogens with one attached hydrogen (secondary N) is 1. The zero-order valence-electron chi connectivity index (χ0n) is 13.9. The number of aromatic hydroxyl groups is 1. The Morgan fingerprint density at radius 1 is 1.20 bits per heavy atom. The molecule has 0 aliphatic heterocycles. The molecule has 0 bridgehead atoms. The lowest BCUT2D eigenvalue weighted by atomic mass is 9.99. The highest BCUT2D eigenvalue weighted by Gasteiger charge is 2.19. The third-order valence-corrected chi connectivity index (χ3v) is 4.08. The van der Waals surface area contributed by atoms with E-state index in [4.69, 9.17) is 23.2 Å². The van der Waals surface area contributed by atoms with Gasteiger partial charge >= 0.3 is 0 Å². The van der Waals surface area contributed by atoms with E-state index in [9.17, 15) is 14.3 Å². The van der Waals surface area contributed by atoms with E-state index in [0.29, 0.717) is 27.4 Å². The summed E-state index contributed by atoms with van der Waals surface area (Å²) in [4.78, 5) is 12.1. The largest absolute Gasteiger partial charge is 0.506 e. The van der Waals surface area contributed by atoms with E-state index >= 15 is 0 Å². The van der Waals surface area contributed by atoms with Crippen molar-refractivity contribution in [1.82, 2.24) is 5.43 Å². The van der Waals surface area contributed by atoms with Gasteiger partial charge in [-0.1, -0.05) is 35.3 Å². The number of hydrazone groups is 1. The first-order chi connectivity index (χ1) is 11.6. The third kappa shape index (κ3) is 4.71. The topological polar surface area (TPSA) is 61.7 Å². The van der Waals surface area contributed by atoms with Crippen molar-refractivity contribution >= 4 is 34.8 Å². The van der Waals surface area contributed by atoms with E-state index in [1.807, 2.05) is 0 Å². The number of alkyl halides is 1. The number of halogens is 3. The molecule has 1 amide bonds. The summed E-state index contributed by atoms with van der Waals surface area (Å²) in [7, 11) is 0. The lowest BCUT2D eigenvalue weighted by molar-refractivity contribution is 0.0954. The Kier molecular flexibility index (Phi) is 5.70. The van der Waals surface area contributed by atoms with Crippen molar-refractivity contribution in [3.63, 3.8) is 0 Å². The van der Waals surface area contributed by atoms with Gasteiger partial charge in [-0.3, -0.25) is 4.79 Å². The van der Waals surface area contributed by atoms with Crippen LogP contribution in [-0.2, 0) is 5.67 Å². The number of carbonyl (C=O) groups excluding carboxylic acids is 1. The van der Waals surface area contributed by atoms with Crippen LogP contribution in [0.4, 0.5) is 4.39 Å². The molecule has 0 radical (unpaired) electrons. The first kappa shape index (κ1) is 19.2. The molecule has 0 unspecified atom stereocenters. The monoisotopic (exact) mass is 382 g/mol. The van der Waals surface area contributed by atoms with Crippen LogP contribution in [0.25, 0.3) is 0 Å². The van der Waals surface area contributed by atoms with Crippen molar-refractivity contribution in [2.45, 2.75) is 26.4 Å². The first-order valence-electron chi connectivity index (χ1n) is 7.42. The summed E-state index contributed by atoms with van der Waals surface area (Å²) in [6.45, 7) is 4.48. The zero-order chi connectivity index (χ0) is 18.8. The van der Waals surface area contributed by atoms with Crippen molar-refractivity contribution in [2.75, 3.05) is 0 Å². The van der Waals surface area contributed by atoms with Crippen LogP contribution in [-0.4, -0.2) is 16.7 Å². The normalized spacial score (nSPS) is 12.2. The van der Waals surface area contributed by atoms with Crippen molar-refractivity contribution in [1.29, 1.82) is 0 Å². The molecule has 2 N–H and O–H groups in total. The van der Waals surface area contributed by atoms with Gasteiger partial charge in [-0.05, 0) is 50.6 Å². The Labute approximate surface area is 155 Å². The second kappa shape index (κ2) is 7.42. The molecule has 0 heterocycles. The fraction of sp³-hybridized carbons (Fsp3) is 0.222. The Balaban J connectivity index is 2.17. The van der Waals surface area contributed by atoms with Gasteiger partial charge in [0.05, 0.1) is 10.7 Å². The number of benzene rings is 2. The van der Waals surface area contributed by atoms with Gasteiger partial charge in [0, 0.05) is 16.1 Å². The number of hydrogen-bond acceptors (Lipinski definition) is 3. The van der Waals surface area contributed by atoms with Gasteiger partial charge in [-0.25, -0.2) is 9.82 Å². The van der Waals surface area contributed by atoms with Crippen molar-refractivity contribution < 1.29 is 14.3 Å². The van der Waals surface area contributed by atoms with Gasteiger partial charge in [0.2, 0.25) is 0 Å². The van der Waals surface area contributed by atoms with Gasteiger partial charge in [0.15, 0.2) is 0 Å². The van der Waals surface area contributed by atoms with Gasteiger partial charge in [-0.2, -0.15) is 5.10 Å². The van der Waals surface area contributed by atoms with Crippen molar-refractivity contribution in [3.8, 4) is 5.75 Å². The molecule has 7 heteroatoms. The summed E-state index contributed by atoms with van der Waals surface area (Å²) in [5, 5.41) is 14.3. The number of hydrogen-bond donors (Lipinski definition) is 2. The van der Waals surface area contributed by atoms with Gasteiger partial charge in [0.25, 0.3) is 5.91 Å². The lowest BCUT2D eigenvalue weighted by Crippen LogP contribution is -2.19. The van der Waals surface area contributed by atoms with Crippen LogP contribution in [0.15, 0.2) is 41.5 Å². The van der Waals surface area contributed by atoms with Crippen molar-refractivity contribution in [2.24, 2.45) is 5.10 Å². The molecule has 0 saturated carbocycles. The zero-order valence-corrected chi connectivity index (χ0v) is 15.4. The Morgan fingerprint density at radius 3 is 2.36 bits per heavy atom. The maximum atomic E-state index is 13.8. The molecular formula is C18H17Cl2FN2O2. The molecule has 0 atom stereocenters. The molecule has 0 aliphatic rings. The maximum absolute atomic E-state index is 13.8. The standard InChI is InChI=1S/C18H17Cl2FN2O2/c1-10(14-8-13(19)9-15(20)16(14)24)22-23-17(25)11-4-6-12(7-5-11)18(2,3)21/h4-9,24H,1-3H3,(H,23,25)/b22-10+. The van der Waals surface area contributed by atoms with Crippen molar-refractivity contribution in [3.05, 3.63) is 63.1 Å². The molecule has 2 aromatic rings. The molecule has 2 rings (SSSR count). The van der Waals surface area contributed by atoms with Crippen LogP contribution < -0.4 is 5.43 Å². The van der Waals surface area contributed by atoms with E-state index in [0.717, 1.165) is 0 Å². The number of amides is 1. The summed E-state index contributed by atoms with van der Waals surface area (Å²) in [5.74, 6) is -0.633. The molecule has 0 aliphatic carbocycles. The summed E-state index contributed by atoms with van der Waals surface area (Å²) >= 11 is 11.8. The molecule has 0 saturated heterocycles. The Hall–Kier alpha value is -2.11. The first-order valence-corrected chi connectivity index (χ1v) is 8.17. The number of phenols is 1. The van der Waals surface area contributed by atoms with Gasteiger partial charge < -0.3 is 5.11 Å². The van der Waals surface area contributed by atoms with Crippen LogP contribution >= 0.6 is 23.2 Å². The summed E-state index contributed by atoms with van der Waals surface area (Å²) in [5.41, 5.74) is 2.35. The number of phenolic OH excluding ortho intramolecular Hbond substituents is 1. The average molecular weight is 383 g/mol. The van der Waals surface area contributed by atoms with Gasteiger partial charge in [-0.15, -0.1) is 0 Å². The maximum Gasteiger partial charge on any atom is 0.271 e. The summed E-state index contributed by atoms with van der Waals surface area (Å²) < 4.78 is 13.8. The number of nitrogens with zero attached hydrogens (tertiary/aromatic N) is 1. The highest BCUT2D eigenvalue weighted by molar-refractivity contribution is 6.36. The molecule has 2 aromatic carbocycles. The minimum atomic E-state index is -1.48. The predicted octanol–water partition coefficient (Wildman–Crippen LogP) is 5.06. The smallest absolute Gasteiger partial charge is 0.271 e. The number of rotatable bonds is 4. The fourth-order valence-corrected chi connectivity index (χ4v) is 2.61. The SMILES string of the molecule is C/C(=N\NC(=O)c1ccc(C(C)(C)F)cc1)c1cc(Cl)cc(Cl)c1O. The molecule has 0 aromatic heterocycles. The van der Waals surface area contributed by atoms with E-state index < -0.39 is 11.6 Å². The van der Waals surface area contributed by atoms with Crippen LogP contribution in [0.3, 0.4) is 0 Å². The molecule has 0 spiro atoms. The van der Waals surface area contributed by atoms with Crippen LogP contribution in [0.1, 0.15) is 42.3 Å². The van der Waals surface area contributed by atoms with Gasteiger partial charge in [0.1, 0.15) is 11.4 Å². The second-order valence-corrected chi connectivity index (χ2v) is 6.82. The minimum absolute atomic E-state index is 0.0906. The molecule has 25 heavy (non-hydrogen) atoms. The van der Waals surface area contributed by atoms with Crippen LogP contribution in [0, 0.1) is 0 Å².